The van der Waals surface area contributed by atoms with E-state index in [1.165, 1.54) is 5.56 Å². The van der Waals surface area contributed by atoms with Crippen molar-refractivity contribution in [2.45, 2.75) is 18.9 Å². The van der Waals surface area contributed by atoms with Crippen LogP contribution in [0.4, 0.5) is 0 Å². The number of ketones is 1. The molecule has 0 bridgehead atoms. The fourth-order valence-corrected chi connectivity index (χ4v) is 2.41. The molecule has 0 aromatic heterocycles. The van der Waals surface area contributed by atoms with Gasteiger partial charge in [0.05, 0.1) is 13.2 Å². The molecule has 1 aliphatic rings. The maximum Gasteiger partial charge on any atom is 0.157 e. The number of hydrogen-bond acceptors (Lipinski definition) is 4. The summed E-state index contributed by atoms with van der Waals surface area (Å²) < 4.78 is 5.28. The molecule has 1 unspecified atom stereocenters. The average Bonchev–Trinajstić information content (AvgIpc) is 2.84. The minimum atomic E-state index is 0.218. The Morgan fingerprint density at radius 2 is 2.15 bits per heavy atom. The molecule has 4 heteroatoms. The third-order valence-electron chi connectivity index (χ3n) is 3.60. The van der Waals surface area contributed by atoms with Crippen LogP contribution in [0, 0.1) is 0 Å². The minimum absolute atomic E-state index is 0.218. The number of hydrogen-bond donors (Lipinski definition) is 1. The number of nitrogens with one attached hydrogen (secondary N) is 1. The van der Waals surface area contributed by atoms with Crippen molar-refractivity contribution in [3.8, 4) is 5.75 Å². The fourth-order valence-electron chi connectivity index (χ4n) is 2.41. The van der Waals surface area contributed by atoms with E-state index in [0.29, 0.717) is 6.42 Å². The lowest BCUT2D eigenvalue weighted by Gasteiger charge is -2.26. The number of rotatable bonds is 6. The lowest BCUT2D eigenvalue weighted by molar-refractivity contribution is -0.114. The Bertz CT molecular complexity index is 509. The van der Waals surface area contributed by atoms with E-state index in [4.69, 9.17) is 4.74 Å². The Hall–Kier alpha value is -1.81. The second-order valence-electron chi connectivity index (χ2n) is 5.27. The van der Waals surface area contributed by atoms with Crippen LogP contribution in [0.15, 0.2) is 36.0 Å². The number of likely N-dealkylation sites (N-methyl/N-ethyl adjacent to an activating group) is 1. The lowest BCUT2D eigenvalue weighted by atomic mass is 10.1. The zero-order valence-electron chi connectivity index (χ0n) is 12.3. The number of methoxy groups -OCH3 is 1. The molecule has 1 aromatic rings. The van der Waals surface area contributed by atoms with Gasteiger partial charge in [0.1, 0.15) is 5.75 Å². The predicted molar refractivity (Wildman–Crippen MR) is 79.7 cm³/mol. The zero-order valence-corrected chi connectivity index (χ0v) is 12.3. The Morgan fingerprint density at radius 1 is 1.35 bits per heavy atom. The summed E-state index contributed by atoms with van der Waals surface area (Å²) in [5.74, 6) is 1.08. The fraction of sp³-hybridized carbons (Fsp3) is 0.438. The SMILES string of the molecule is COc1cccc(C(CNC2=CC(=O)CC2)N(C)C)c1. The van der Waals surface area contributed by atoms with Crippen LogP contribution in [-0.4, -0.2) is 38.4 Å². The number of allylic oxidation sites excluding steroid dienone is 2. The summed E-state index contributed by atoms with van der Waals surface area (Å²) in [5.41, 5.74) is 2.25. The molecule has 0 saturated heterocycles. The van der Waals surface area contributed by atoms with Gasteiger partial charge in [-0.1, -0.05) is 12.1 Å². The van der Waals surface area contributed by atoms with E-state index in [1.807, 2.05) is 12.1 Å². The van der Waals surface area contributed by atoms with Crippen molar-refractivity contribution in [1.29, 1.82) is 0 Å². The van der Waals surface area contributed by atoms with Crippen LogP contribution in [-0.2, 0) is 4.79 Å². The van der Waals surface area contributed by atoms with Gasteiger partial charge in [0.15, 0.2) is 5.78 Å². The number of carbonyl (C=O) groups excluding carboxylic acids is 1. The zero-order chi connectivity index (χ0) is 14.5. The van der Waals surface area contributed by atoms with E-state index < -0.39 is 0 Å². The van der Waals surface area contributed by atoms with Gasteiger partial charge in [0.2, 0.25) is 0 Å². The summed E-state index contributed by atoms with van der Waals surface area (Å²) in [6.45, 7) is 0.777. The Balaban J connectivity index is 2.06. The summed E-state index contributed by atoms with van der Waals surface area (Å²) in [7, 11) is 5.79. The van der Waals surface area contributed by atoms with Crippen molar-refractivity contribution in [1.82, 2.24) is 10.2 Å². The van der Waals surface area contributed by atoms with Crippen molar-refractivity contribution in [2.75, 3.05) is 27.7 Å². The van der Waals surface area contributed by atoms with E-state index in [9.17, 15) is 4.79 Å². The topological polar surface area (TPSA) is 41.6 Å². The van der Waals surface area contributed by atoms with Gasteiger partial charge in [0, 0.05) is 24.7 Å². The minimum Gasteiger partial charge on any atom is -0.497 e. The largest absolute Gasteiger partial charge is 0.497 e. The van der Waals surface area contributed by atoms with Gasteiger partial charge >= 0.3 is 0 Å². The average molecular weight is 274 g/mol. The molecule has 2 rings (SSSR count). The van der Waals surface area contributed by atoms with E-state index >= 15 is 0 Å². The molecule has 0 fully saturated rings. The second kappa shape index (κ2) is 6.57. The highest BCUT2D eigenvalue weighted by atomic mass is 16.5. The maximum atomic E-state index is 11.2. The van der Waals surface area contributed by atoms with Crippen molar-refractivity contribution >= 4 is 5.78 Å². The molecule has 0 saturated carbocycles. The molecule has 0 radical (unpaired) electrons. The molecule has 0 heterocycles. The molecule has 0 amide bonds. The standard InChI is InChI=1S/C16H22N2O2/c1-18(2)16(11-17-13-7-8-14(19)10-13)12-5-4-6-15(9-12)20-3/h4-6,9-10,16-17H,7-8,11H2,1-3H3. The highest BCUT2D eigenvalue weighted by molar-refractivity contribution is 5.92. The van der Waals surface area contributed by atoms with Crippen molar-refractivity contribution in [3.05, 3.63) is 41.6 Å². The first-order valence-corrected chi connectivity index (χ1v) is 6.88. The monoisotopic (exact) mass is 274 g/mol. The van der Waals surface area contributed by atoms with Crippen LogP contribution in [0.3, 0.4) is 0 Å². The summed E-state index contributed by atoms with van der Waals surface area (Å²) in [6.07, 6.45) is 3.18. The van der Waals surface area contributed by atoms with E-state index in [-0.39, 0.29) is 11.8 Å². The van der Waals surface area contributed by atoms with Crippen molar-refractivity contribution in [2.24, 2.45) is 0 Å². The molecule has 1 N–H and O–H groups in total. The first-order valence-electron chi connectivity index (χ1n) is 6.88. The highest BCUT2D eigenvalue weighted by Gasteiger charge is 2.17. The van der Waals surface area contributed by atoms with Crippen molar-refractivity contribution < 1.29 is 9.53 Å². The summed E-state index contributed by atoms with van der Waals surface area (Å²) in [5, 5.41) is 3.39. The molecule has 4 nitrogen and oxygen atoms in total. The third kappa shape index (κ3) is 3.61. The normalized spacial score (nSPS) is 16.2. The molecule has 0 spiro atoms. The van der Waals surface area contributed by atoms with E-state index in [1.54, 1.807) is 13.2 Å². The van der Waals surface area contributed by atoms with Crippen LogP contribution in [0.1, 0.15) is 24.4 Å². The van der Waals surface area contributed by atoms with Gasteiger partial charge < -0.3 is 15.0 Å². The molecule has 1 aromatic carbocycles. The summed E-state index contributed by atoms with van der Waals surface area (Å²) >= 11 is 0. The maximum absolute atomic E-state index is 11.2. The van der Waals surface area contributed by atoms with Gasteiger partial charge in [0.25, 0.3) is 0 Å². The summed E-state index contributed by atoms with van der Waals surface area (Å²) in [4.78, 5) is 13.4. The molecule has 20 heavy (non-hydrogen) atoms. The number of benzene rings is 1. The Labute approximate surface area is 120 Å². The Morgan fingerprint density at radius 3 is 2.75 bits per heavy atom. The quantitative estimate of drug-likeness (QED) is 0.863. The van der Waals surface area contributed by atoms with Crippen LogP contribution in [0.2, 0.25) is 0 Å². The first-order chi connectivity index (χ1) is 9.60. The molecular weight excluding hydrogens is 252 g/mol. The van der Waals surface area contributed by atoms with E-state index in [0.717, 1.165) is 24.4 Å². The van der Waals surface area contributed by atoms with Gasteiger partial charge in [-0.3, -0.25) is 4.79 Å². The molecular formula is C16H22N2O2. The smallest absolute Gasteiger partial charge is 0.157 e. The van der Waals surface area contributed by atoms with Crippen LogP contribution in [0.5, 0.6) is 5.75 Å². The van der Waals surface area contributed by atoms with Gasteiger partial charge in [-0.25, -0.2) is 0 Å². The van der Waals surface area contributed by atoms with Gasteiger partial charge in [-0.15, -0.1) is 0 Å². The predicted octanol–water partition coefficient (Wildman–Crippen LogP) is 2.13. The molecule has 0 aliphatic heterocycles. The third-order valence-corrected chi connectivity index (χ3v) is 3.60. The highest BCUT2D eigenvalue weighted by Crippen LogP contribution is 2.23. The van der Waals surface area contributed by atoms with Crippen LogP contribution < -0.4 is 10.1 Å². The Kier molecular flexibility index (Phi) is 4.79. The van der Waals surface area contributed by atoms with E-state index in [2.05, 4.69) is 36.4 Å². The van der Waals surface area contributed by atoms with Crippen LogP contribution >= 0.6 is 0 Å². The first kappa shape index (κ1) is 14.6. The van der Waals surface area contributed by atoms with Gasteiger partial charge in [-0.05, 0) is 38.2 Å². The molecule has 108 valence electrons. The number of carbonyl (C=O) groups is 1. The number of nitrogens with zero attached hydrogens (tertiary/aromatic N) is 1. The lowest BCUT2D eigenvalue weighted by Crippen LogP contribution is -2.30. The summed E-state index contributed by atoms with van der Waals surface area (Å²) in [6, 6.07) is 8.34. The van der Waals surface area contributed by atoms with Crippen molar-refractivity contribution in [3.63, 3.8) is 0 Å². The molecule has 1 aliphatic carbocycles. The van der Waals surface area contributed by atoms with Gasteiger partial charge in [-0.2, -0.15) is 0 Å². The van der Waals surface area contributed by atoms with Crippen LogP contribution in [0.25, 0.3) is 0 Å². The second-order valence-corrected chi connectivity index (χ2v) is 5.27. The molecule has 1 atom stereocenters. The number of ether oxygens (including phenoxy) is 1.